The van der Waals surface area contributed by atoms with Crippen molar-refractivity contribution >= 4 is 17.3 Å². The lowest BCUT2D eigenvalue weighted by atomic mass is 10.1. The Bertz CT molecular complexity index is 424. The Morgan fingerprint density at radius 2 is 2.17 bits per heavy atom. The Labute approximate surface area is 111 Å². The fourth-order valence-corrected chi connectivity index (χ4v) is 1.79. The zero-order valence-corrected chi connectivity index (χ0v) is 11.1. The normalized spacial score (nSPS) is 12.7. The smallest absolute Gasteiger partial charge is 0.270 e. The van der Waals surface area contributed by atoms with E-state index in [-0.39, 0.29) is 18.3 Å². The second-order valence-electron chi connectivity index (χ2n) is 4.45. The first-order valence-electron chi connectivity index (χ1n) is 5.72. The van der Waals surface area contributed by atoms with Crippen LogP contribution in [0, 0.1) is 16.0 Å². The van der Waals surface area contributed by atoms with E-state index in [2.05, 4.69) is 5.32 Å². The molecule has 2 N–H and O–H groups in total. The van der Waals surface area contributed by atoms with Gasteiger partial charge in [-0.05, 0) is 17.5 Å². The standard InChI is InChI=1S/C12H17ClN2O3/c1-8(2)12(7-16)14-6-9-3-4-10(15(17)18)5-11(9)13/h3-5,8,12,14,16H,6-7H2,1-2H3/t12-/m1/s1. The summed E-state index contributed by atoms with van der Waals surface area (Å²) in [5, 5.41) is 23.3. The molecule has 0 saturated carbocycles. The molecule has 0 aliphatic carbocycles. The Balaban J connectivity index is 2.71. The first-order valence-corrected chi connectivity index (χ1v) is 6.10. The highest BCUT2D eigenvalue weighted by atomic mass is 35.5. The molecule has 1 atom stereocenters. The van der Waals surface area contributed by atoms with E-state index < -0.39 is 4.92 Å². The van der Waals surface area contributed by atoms with Crippen LogP contribution in [0.5, 0.6) is 0 Å². The van der Waals surface area contributed by atoms with Gasteiger partial charge in [-0.3, -0.25) is 10.1 Å². The highest BCUT2D eigenvalue weighted by Gasteiger charge is 2.13. The maximum absolute atomic E-state index is 10.6. The number of hydrogen-bond acceptors (Lipinski definition) is 4. The van der Waals surface area contributed by atoms with Crippen LogP contribution in [0.4, 0.5) is 5.69 Å². The van der Waals surface area contributed by atoms with E-state index in [0.29, 0.717) is 17.5 Å². The van der Waals surface area contributed by atoms with Crippen LogP contribution in [-0.2, 0) is 6.54 Å². The van der Waals surface area contributed by atoms with Crippen LogP contribution in [0.1, 0.15) is 19.4 Å². The molecule has 100 valence electrons. The van der Waals surface area contributed by atoms with Crippen LogP contribution in [0.15, 0.2) is 18.2 Å². The number of halogens is 1. The van der Waals surface area contributed by atoms with Gasteiger partial charge in [0, 0.05) is 24.7 Å². The van der Waals surface area contributed by atoms with Crippen molar-refractivity contribution in [3.63, 3.8) is 0 Å². The van der Waals surface area contributed by atoms with Gasteiger partial charge in [0.05, 0.1) is 16.6 Å². The minimum absolute atomic E-state index is 0.0174. The molecule has 0 saturated heterocycles. The molecule has 1 rings (SSSR count). The SMILES string of the molecule is CC(C)[C@@H](CO)NCc1ccc([N+](=O)[O-])cc1Cl. The molecule has 0 amide bonds. The van der Waals surface area contributed by atoms with Crippen LogP contribution in [0.2, 0.25) is 5.02 Å². The van der Waals surface area contributed by atoms with Gasteiger partial charge in [-0.15, -0.1) is 0 Å². The largest absolute Gasteiger partial charge is 0.395 e. The predicted molar refractivity (Wildman–Crippen MR) is 70.7 cm³/mol. The second kappa shape index (κ2) is 6.68. The molecule has 0 aliphatic rings. The molecule has 1 aromatic carbocycles. The van der Waals surface area contributed by atoms with E-state index in [1.54, 1.807) is 6.07 Å². The van der Waals surface area contributed by atoms with E-state index in [1.165, 1.54) is 12.1 Å². The van der Waals surface area contributed by atoms with Gasteiger partial charge in [0.25, 0.3) is 5.69 Å². The zero-order chi connectivity index (χ0) is 13.7. The van der Waals surface area contributed by atoms with Crippen molar-refractivity contribution in [1.29, 1.82) is 0 Å². The molecule has 0 bridgehead atoms. The minimum Gasteiger partial charge on any atom is -0.395 e. The van der Waals surface area contributed by atoms with Gasteiger partial charge in [-0.2, -0.15) is 0 Å². The summed E-state index contributed by atoms with van der Waals surface area (Å²) in [6.07, 6.45) is 0. The van der Waals surface area contributed by atoms with E-state index >= 15 is 0 Å². The third-order valence-electron chi connectivity index (χ3n) is 2.80. The highest BCUT2D eigenvalue weighted by Crippen LogP contribution is 2.22. The number of aliphatic hydroxyl groups excluding tert-OH is 1. The summed E-state index contributed by atoms with van der Waals surface area (Å²) in [5.41, 5.74) is 0.757. The first-order chi connectivity index (χ1) is 8.45. The fourth-order valence-electron chi connectivity index (χ4n) is 1.55. The van der Waals surface area contributed by atoms with Gasteiger partial charge in [-0.25, -0.2) is 0 Å². The van der Waals surface area contributed by atoms with E-state index in [4.69, 9.17) is 11.6 Å². The van der Waals surface area contributed by atoms with Gasteiger partial charge in [0.15, 0.2) is 0 Å². The number of rotatable bonds is 6. The third kappa shape index (κ3) is 3.94. The van der Waals surface area contributed by atoms with Crippen molar-refractivity contribution in [3.05, 3.63) is 38.9 Å². The number of aliphatic hydroxyl groups is 1. The summed E-state index contributed by atoms with van der Waals surface area (Å²) >= 11 is 5.97. The van der Waals surface area contributed by atoms with Gasteiger partial charge in [0.1, 0.15) is 0 Å². The maximum Gasteiger partial charge on any atom is 0.270 e. The zero-order valence-electron chi connectivity index (χ0n) is 10.4. The fraction of sp³-hybridized carbons (Fsp3) is 0.500. The Kier molecular flexibility index (Phi) is 5.53. The summed E-state index contributed by atoms with van der Waals surface area (Å²) in [4.78, 5) is 10.1. The molecule has 0 spiro atoms. The number of nitro benzene ring substituents is 1. The van der Waals surface area contributed by atoms with Gasteiger partial charge in [-0.1, -0.05) is 25.4 Å². The van der Waals surface area contributed by atoms with Crippen molar-refractivity contribution in [3.8, 4) is 0 Å². The van der Waals surface area contributed by atoms with Crippen LogP contribution in [0.25, 0.3) is 0 Å². The number of non-ortho nitro benzene ring substituents is 1. The summed E-state index contributed by atoms with van der Waals surface area (Å²) < 4.78 is 0. The average molecular weight is 273 g/mol. The predicted octanol–water partition coefficient (Wildman–Crippen LogP) is 2.35. The maximum atomic E-state index is 10.6. The molecule has 18 heavy (non-hydrogen) atoms. The van der Waals surface area contributed by atoms with Crippen molar-refractivity contribution in [1.82, 2.24) is 5.32 Å². The summed E-state index contributed by atoms with van der Waals surface area (Å²) in [7, 11) is 0. The van der Waals surface area contributed by atoms with E-state index in [1.807, 2.05) is 13.8 Å². The van der Waals surface area contributed by atoms with Crippen LogP contribution >= 0.6 is 11.6 Å². The molecule has 5 nitrogen and oxygen atoms in total. The summed E-state index contributed by atoms with van der Waals surface area (Å²) in [6, 6.07) is 4.37. The lowest BCUT2D eigenvalue weighted by Gasteiger charge is -2.20. The number of nitrogens with one attached hydrogen (secondary N) is 1. The van der Waals surface area contributed by atoms with E-state index in [0.717, 1.165) is 5.56 Å². The first kappa shape index (κ1) is 14.9. The third-order valence-corrected chi connectivity index (χ3v) is 3.16. The summed E-state index contributed by atoms with van der Waals surface area (Å²) in [5.74, 6) is 0.298. The lowest BCUT2D eigenvalue weighted by Crippen LogP contribution is -2.36. The molecular weight excluding hydrogens is 256 g/mol. The average Bonchev–Trinajstić information content (AvgIpc) is 2.30. The number of hydrogen-bond donors (Lipinski definition) is 2. The van der Waals surface area contributed by atoms with Crippen molar-refractivity contribution in [2.75, 3.05) is 6.61 Å². The molecule has 0 unspecified atom stereocenters. The van der Waals surface area contributed by atoms with Crippen LogP contribution in [0.3, 0.4) is 0 Å². The molecule has 0 aromatic heterocycles. The van der Waals surface area contributed by atoms with Crippen molar-refractivity contribution in [2.24, 2.45) is 5.92 Å². The topological polar surface area (TPSA) is 75.4 Å². The Morgan fingerprint density at radius 3 is 2.61 bits per heavy atom. The van der Waals surface area contributed by atoms with Crippen molar-refractivity contribution in [2.45, 2.75) is 26.4 Å². The molecule has 1 aromatic rings. The van der Waals surface area contributed by atoms with Crippen LogP contribution < -0.4 is 5.32 Å². The number of nitro groups is 1. The molecular formula is C12H17ClN2O3. The van der Waals surface area contributed by atoms with Gasteiger partial charge in [0.2, 0.25) is 0 Å². The highest BCUT2D eigenvalue weighted by molar-refractivity contribution is 6.31. The molecule has 0 aliphatic heterocycles. The molecule has 0 fully saturated rings. The second-order valence-corrected chi connectivity index (χ2v) is 4.85. The Hall–Kier alpha value is -1.17. The minimum atomic E-state index is -0.478. The van der Waals surface area contributed by atoms with E-state index in [9.17, 15) is 15.2 Å². The summed E-state index contributed by atoms with van der Waals surface area (Å²) in [6.45, 7) is 4.53. The molecule has 0 radical (unpaired) electrons. The van der Waals surface area contributed by atoms with Gasteiger partial charge >= 0.3 is 0 Å². The van der Waals surface area contributed by atoms with Crippen molar-refractivity contribution < 1.29 is 10.0 Å². The lowest BCUT2D eigenvalue weighted by molar-refractivity contribution is -0.384. The monoisotopic (exact) mass is 272 g/mol. The van der Waals surface area contributed by atoms with Crippen LogP contribution in [-0.4, -0.2) is 22.7 Å². The van der Waals surface area contributed by atoms with Gasteiger partial charge < -0.3 is 10.4 Å². The molecule has 0 heterocycles. The molecule has 6 heteroatoms. The number of nitrogens with zero attached hydrogens (tertiary/aromatic N) is 1. The Morgan fingerprint density at radius 1 is 1.50 bits per heavy atom. The quantitative estimate of drug-likeness (QED) is 0.616. The number of benzene rings is 1.